The maximum absolute atomic E-state index is 14.0. The lowest BCUT2D eigenvalue weighted by Gasteiger charge is -2.13. The van der Waals surface area contributed by atoms with Crippen molar-refractivity contribution in [2.24, 2.45) is 5.73 Å². The Hall–Kier alpha value is -3.69. The molecule has 0 aliphatic rings. The van der Waals surface area contributed by atoms with Crippen molar-refractivity contribution in [1.82, 2.24) is 9.72 Å². The van der Waals surface area contributed by atoms with Gasteiger partial charge in [0.15, 0.2) is 5.76 Å². The van der Waals surface area contributed by atoms with Crippen LogP contribution in [0.1, 0.15) is 23.0 Å². The van der Waals surface area contributed by atoms with Crippen LogP contribution in [-0.4, -0.2) is 37.7 Å². The Morgan fingerprint density at radius 3 is 2.45 bits per heavy atom. The molecule has 4 N–H and O–H groups in total. The fraction of sp³-hybridized carbons (Fsp3) is 0.211. The molecule has 2 aromatic heterocycles. The number of alkyl halides is 2. The van der Waals surface area contributed by atoms with Crippen LogP contribution in [0.25, 0.3) is 22.6 Å². The number of hydrogen-bond acceptors (Lipinski definition) is 5. The van der Waals surface area contributed by atoms with E-state index in [9.17, 15) is 28.6 Å². The van der Waals surface area contributed by atoms with Crippen molar-refractivity contribution in [2.75, 3.05) is 0 Å². The van der Waals surface area contributed by atoms with Crippen LogP contribution in [0.4, 0.5) is 8.78 Å². The lowest BCUT2D eigenvalue weighted by molar-refractivity contribution is -0.141. The predicted octanol–water partition coefficient (Wildman–Crippen LogP) is 2.90. The molecule has 152 valence electrons. The first-order valence-corrected chi connectivity index (χ1v) is 8.54. The summed E-state index contributed by atoms with van der Waals surface area (Å²) >= 11 is 0. The molecule has 0 saturated carbocycles. The maximum Gasteiger partial charge on any atom is 0.337 e. The maximum atomic E-state index is 14.0. The first-order valence-electron chi connectivity index (χ1n) is 8.54. The summed E-state index contributed by atoms with van der Waals surface area (Å²) in [5, 5.41) is 22.7. The molecular weight excluding hydrogens is 388 g/mol. The summed E-state index contributed by atoms with van der Waals surface area (Å²) in [7, 11) is 0. The number of aryl methyl sites for hydroxylation is 1. The van der Waals surface area contributed by atoms with Gasteiger partial charge in [-0.15, -0.1) is 0 Å². The summed E-state index contributed by atoms with van der Waals surface area (Å²) in [4.78, 5) is 22.8. The van der Waals surface area contributed by atoms with E-state index in [0.717, 1.165) is 0 Å². The monoisotopic (exact) mass is 405 g/mol. The average molecular weight is 405 g/mol. The Morgan fingerprint density at radius 2 is 1.90 bits per heavy atom. The molecule has 29 heavy (non-hydrogen) atoms. The van der Waals surface area contributed by atoms with Gasteiger partial charge in [0.2, 0.25) is 0 Å². The van der Waals surface area contributed by atoms with Gasteiger partial charge in [-0.2, -0.15) is 8.78 Å². The number of aromatic carboxylic acids is 1. The Bertz CT molecular complexity index is 1070. The van der Waals surface area contributed by atoms with Crippen LogP contribution in [-0.2, 0) is 17.8 Å². The molecule has 0 aliphatic heterocycles. The van der Waals surface area contributed by atoms with Crippen LogP contribution in [0.5, 0.6) is 5.75 Å². The molecule has 1 aromatic carbocycles. The van der Waals surface area contributed by atoms with E-state index >= 15 is 0 Å². The fourth-order valence-corrected chi connectivity index (χ4v) is 2.98. The van der Waals surface area contributed by atoms with Crippen LogP contribution in [0.2, 0.25) is 0 Å². The number of rotatable bonds is 7. The number of nitrogens with two attached hydrogens (primary N) is 1. The van der Waals surface area contributed by atoms with E-state index in [1.807, 2.05) is 0 Å². The Labute approximate surface area is 163 Å². The van der Waals surface area contributed by atoms with Crippen molar-refractivity contribution in [1.29, 1.82) is 0 Å². The minimum absolute atomic E-state index is 0.0147. The minimum Gasteiger partial charge on any atom is -0.508 e. The molecule has 0 aliphatic carbocycles. The van der Waals surface area contributed by atoms with Gasteiger partial charge in [0.05, 0.1) is 23.2 Å². The molecular formula is C19H17F2N3O5. The summed E-state index contributed by atoms with van der Waals surface area (Å²) in [6.07, 6.45) is 0.343. The van der Waals surface area contributed by atoms with E-state index in [4.69, 9.17) is 10.3 Å². The Kier molecular flexibility index (Phi) is 5.10. The molecule has 0 fully saturated rings. The quantitative estimate of drug-likeness (QED) is 0.554. The third-order valence-corrected chi connectivity index (χ3v) is 4.41. The average Bonchev–Trinajstić information content (AvgIpc) is 3.25. The van der Waals surface area contributed by atoms with Crippen LogP contribution >= 0.6 is 0 Å². The number of phenolic OH excluding ortho intramolecular Hbond substituents is 1. The molecule has 0 atom stereocenters. The molecule has 2 heterocycles. The summed E-state index contributed by atoms with van der Waals surface area (Å²) < 4.78 is 34.9. The fourth-order valence-electron chi connectivity index (χ4n) is 2.98. The van der Waals surface area contributed by atoms with Crippen molar-refractivity contribution in [2.45, 2.75) is 25.8 Å². The number of halogens is 2. The number of nitrogens with zero attached hydrogens (tertiary/aromatic N) is 2. The third kappa shape index (κ3) is 3.68. The van der Waals surface area contributed by atoms with Gasteiger partial charge < -0.3 is 25.0 Å². The largest absolute Gasteiger partial charge is 0.508 e. The van der Waals surface area contributed by atoms with Crippen molar-refractivity contribution in [3.63, 3.8) is 0 Å². The van der Waals surface area contributed by atoms with E-state index in [2.05, 4.69) is 5.16 Å². The van der Waals surface area contributed by atoms with Crippen molar-refractivity contribution >= 4 is 11.9 Å². The molecule has 0 bridgehead atoms. The number of carbonyl (C=O) groups is 2. The number of phenols is 1. The van der Waals surface area contributed by atoms with Gasteiger partial charge in [0.25, 0.3) is 5.91 Å². The molecule has 10 heteroatoms. The van der Waals surface area contributed by atoms with Gasteiger partial charge in [-0.05, 0) is 37.3 Å². The lowest BCUT2D eigenvalue weighted by atomic mass is 9.98. The zero-order valence-corrected chi connectivity index (χ0v) is 15.2. The van der Waals surface area contributed by atoms with Gasteiger partial charge in [-0.1, -0.05) is 5.16 Å². The Balaban J connectivity index is 2.29. The molecule has 0 spiro atoms. The highest BCUT2D eigenvalue weighted by molar-refractivity contribution is 5.98. The van der Waals surface area contributed by atoms with E-state index in [0.29, 0.717) is 12.1 Å². The number of benzene rings is 1. The highest BCUT2D eigenvalue weighted by Gasteiger charge is 2.40. The van der Waals surface area contributed by atoms with Gasteiger partial charge >= 0.3 is 11.9 Å². The zero-order chi connectivity index (χ0) is 21.3. The zero-order valence-electron chi connectivity index (χ0n) is 15.2. The SMILES string of the molecule is CCn1ccc(C(=O)O)c1-c1c(CC(F)(F)C(N)=O)noc1-c1ccc(O)cc1. The van der Waals surface area contributed by atoms with Crippen molar-refractivity contribution in [3.8, 4) is 28.3 Å². The minimum atomic E-state index is -3.91. The standard InChI is InChI=1S/C19H17F2N3O5/c1-2-24-8-7-12(17(26)27)15(24)14-13(9-19(20,21)18(22)28)23-29-16(14)10-3-5-11(25)6-4-10/h3-8,25H,2,9H2,1H3,(H2,22,28)(H,26,27). The first kappa shape index (κ1) is 20.1. The van der Waals surface area contributed by atoms with E-state index < -0.39 is 24.2 Å². The predicted molar refractivity (Wildman–Crippen MR) is 97.5 cm³/mol. The number of primary amides is 1. The highest BCUT2D eigenvalue weighted by atomic mass is 19.3. The van der Waals surface area contributed by atoms with Crippen LogP contribution in [0, 0.1) is 0 Å². The molecule has 0 radical (unpaired) electrons. The number of carboxylic acid groups (broad SMARTS) is 1. The van der Waals surface area contributed by atoms with Gasteiger partial charge in [-0.3, -0.25) is 4.79 Å². The number of amides is 1. The van der Waals surface area contributed by atoms with Crippen LogP contribution < -0.4 is 5.73 Å². The second-order valence-electron chi connectivity index (χ2n) is 6.29. The number of carboxylic acids is 1. The number of hydrogen-bond donors (Lipinski definition) is 3. The van der Waals surface area contributed by atoms with Gasteiger partial charge in [0.1, 0.15) is 11.4 Å². The Morgan fingerprint density at radius 1 is 1.24 bits per heavy atom. The third-order valence-electron chi connectivity index (χ3n) is 4.41. The summed E-state index contributed by atoms with van der Waals surface area (Å²) in [5.74, 6) is -7.01. The molecule has 3 rings (SSSR count). The first-order chi connectivity index (χ1) is 13.7. The van der Waals surface area contributed by atoms with Gasteiger partial charge in [-0.25, -0.2) is 4.79 Å². The highest BCUT2D eigenvalue weighted by Crippen LogP contribution is 2.39. The van der Waals surface area contributed by atoms with Crippen molar-refractivity contribution < 1.29 is 33.1 Å². The summed E-state index contributed by atoms with van der Waals surface area (Å²) in [6, 6.07) is 6.99. The van der Waals surface area contributed by atoms with Gasteiger partial charge in [0, 0.05) is 18.3 Å². The number of aromatic nitrogens is 2. The topological polar surface area (TPSA) is 132 Å². The van der Waals surface area contributed by atoms with Crippen LogP contribution in [0.3, 0.4) is 0 Å². The summed E-state index contributed by atoms with van der Waals surface area (Å²) in [5.41, 5.74) is 4.83. The normalized spacial score (nSPS) is 11.6. The smallest absolute Gasteiger partial charge is 0.337 e. The molecule has 3 aromatic rings. The molecule has 0 unspecified atom stereocenters. The van der Waals surface area contributed by atoms with Crippen LogP contribution in [0.15, 0.2) is 41.1 Å². The second kappa shape index (κ2) is 7.38. The molecule has 8 nitrogen and oxygen atoms in total. The van der Waals surface area contributed by atoms with E-state index in [1.54, 1.807) is 11.5 Å². The molecule has 1 amide bonds. The van der Waals surface area contributed by atoms with E-state index in [1.165, 1.54) is 36.5 Å². The lowest BCUT2D eigenvalue weighted by Crippen LogP contribution is -2.37. The number of aromatic hydroxyl groups is 1. The second-order valence-corrected chi connectivity index (χ2v) is 6.29. The van der Waals surface area contributed by atoms with E-state index in [-0.39, 0.29) is 34.0 Å². The van der Waals surface area contributed by atoms with Crippen molar-refractivity contribution in [3.05, 3.63) is 47.8 Å². The summed E-state index contributed by atoms with van der Waals surface area (Å²) in [6.45, 7) is 2.09. The molecule has 0 saturated heterocycles. The number of carbonyl (C=O) groups excluding carboxylic acids is 1.